The van der Waals surface area contributed by atoms with Gasteiger partial charge in [0, 0.05) is 6.61 Å². The first kappa shape index (κ1) is 14.9. The molecule has 0 radical (unpaired) electrons. The Morgan fingerprint density at radius 2 is 1.69 bits per heavy atom. The van der Waals surface area contributed by atoms with Crippen LogP contribution in [0.1, 0.15) is 34.6 Å². The summed E-state index contributed by atoms with van der Waals surface area (Å²) < 4.78 is 4.93. The second kappa shape index (κ2) is 9.52. The molecule has 0 saturated carbocycles. The Bertz CT molecular complexity index is 119. The van der Waals surface area contributed by atoms with Crippen molar-refractivity contribution in [2.45, 2.75) is 34.6 Å². The summed E-state index contributed by atoms with van der Waals surface area (Å²) in [5.74, 6) is 0.329. The fourth-order valence-electron chi connectivity index (χ4n) is 0.415. The van der Waals surface area contributed by atoms with Gasteiger partial charge in [0.15, 0.2) is 0 Å². The summed E-state index contributed by atoms with van der Waals surface area (Å²) in [6.07, 6.45) is 0. The maximum absolute atomic E-state index is 10.8. The normalized spacial score (nSPS) is 9.54. The molecule has 13 heavy (non-hydrogen) atoms. The monoisotopic (exact) mass is 190 g/mol. The molecule has 0 unspecified atom stereocenters. The molecule has 0 aliphatic carbocycles. The quantitative estimate of drug-likeness (QED) is 0.691. The van der Waals surface area contributed by atoms with Gasteiger partial charge in [0.25, 0.3) is 0 Å². The van der Waals surface area contributed by atoms with Crippen LogP contribution >= 0.6 is 0 Å². The third-order valence-electron chi connectivity index (χ3n) is 1.03. The van der Waals surface area contributed by atoms with Crippen molar-refractivity contribution in [3.8, 4) is 0 Å². The van der Waals surface area contributed by atoms with Crippen molar-refractivity contribution in [2.75, 3.05) is 13.2 Å². The van der Waals surface area contributed by atoms with Gasteiger partial charge < -0.3 is 9.84 Å². The maximum atomic E-state index is 10.8. The highest BCUT2D eigenvalue weighted by molar-refractivity contribution is 5.71. The molecule has 0 atom stereocenters. The Morgan fingerprint density at radius 3 is 1.92 bits per heavy atom. The topological polar surface area (TPSA) is 46.5 Å². The molecule has 3 heteroatoms. The van der Waals surface area contributed by atoms with Gasteiger partial charge in [0.2, 0.25) is 0 Å². The molecular weight excluding hydrogens is 168 g/mol. The number of esters is 1. The van der Waals surface area contributed by atoms with Gasteiger partial charge in [-0.1, -0.05) is 27.7 Å². The van der Waals surface area contributed by atoms with Gasteiger partial charge in [-0.3, -0.25) is 4.79 Å². The van der Waals surface area contributed by atoms with Crippen LogP contribution in [-0.2, 0) is 9.53 Å². The third kappa shape index (κ3) is 14.3. The van der Waals surface area contributed by atoms with Crippen molar-refractivity contribution in [3.05, 3.63) is 0 Å². The first-order valence-electron chi connectivity index (χ1n) is 4.73. The molecule has 0 saturated heterocycles. The van der Waals surface area contributed by atoms with Crippen molar-refractivity contribution >= 4 is 5.97 Å². The lowest BCUT2D eigenvalue weighted by Crippen LogP contribution is -2.14. The van der Waals surface area contributed by atoms with E-state index in [-0.39, 0.29) is 18.5 Å². The van der Waals surface area contributed by atoms with E-state index in [2.05, 4.69) is 0 Å². The van der Waals surface area contributed by atoms with Gasteiger partial charge in [-0.2, -0.15) is 0 Å². The van der Waals surface area contributed by atoms with E-state index in [1.54, 1.807) is 6.92 Å². The molecular formula is C10H22O3. The number of rotatable bonds is 3. The van der Waals surface area contributed by atoms with Gasteiger partial charge in [0.05, 0.1) is 12.5 Å². The first-order valence-corrected chi connectivity index (χ1v) is 4.73. The van der Waals surface area contributed by atoms with Crippen LogP contribution in [0.2, 0.25) is 0 Å². The minimum Gasteiger partial charge on any atom is -0.465 e. The second-order valence-corrected chi connectivity index (χ2v) is 3.49. The van der Waals surface area contributed by atoms with Gasteiger partial charge in [-0.15, -0.1) is 0 Å². The standard InChI is InChI=1S/C8H16O2.C2H6O/c1-6(2)5-10-8(9)7(3)4;1-2-3/h6-7H,5H2,1-4H3;3H,2H2,1H3. The van der Waals surface area contributed by atoms with Crippen LogP contribution in [0.4, 0.5) is 0 Å². The first-order chi connectivity index (χ1) is 5.95. The maximum Gasteiger partial charge on any atom is 0.308 e. The molecule has 0 amide bonds. The molecule has 0 spiro atoms. The number of carbonyl (C=O) groups excluding carboxylic acids is 1. The Kier molecular flexibility index (Phi) is 10.9. The van der Waals surface area contributed by atoms with Gasteiger partial charge >= 0.3 is 5.97 Å². The van der Waals surface area contributed by atoms with Crippen LogP contribution in [-0.4, -0.2) is 24.3 Å². The molecule has 0 aliphatic heterocycles. The zero-order chi connectivity index (χ0) is 10.9. The number of ether oxygens (including phenoxy) is 1. The van der Waals surface area contributed by atoms with Crippen molar-refractivity contribution in [3.63, 3.8) is 0 Å². The molecule has 3 nitrogen and oxygen atoms in total. The van der Waals surface area contributed by atoms with E-state index in [1.165, 1.54) is 0 Å². The summed E-state index contributed by atoms with van der Waals surface area (Å²) in [7, 11) is 0. The molecule has 80 valence electrons. The fraction of sp³-hybridized carbons (Fsp3) is 0.900. The lowest BCUT2D eigenvalue weighted by Gasteiger charge is -2.08. The molecule has 0 heterocycles. The molecule has 0 aromatic heterocycles. The van der Waals surface area contributed by atoms with E-state index in [0.29, 0.717) is 12.5 Å². The SMILES string of the molecule is CC(C)COC(=O)C(C)C.CCO. The number of aliphatic hydroxyl groups excluding tert-OH is 1. The van der Waals surface area contributed by atoms with E-state index >= 15 is 0 Å². The van der Waals surface area contributed by atoms with Crippen LogP contribution < -0.4 is 0 Å². The minimum absolute atomic E-state index is 0.00116. The van der Waals surface area contributed by atoms with Crippen molar-refractivity contribution in [1.29, 1.82) is 0 Å². The Morgan fingerprint density at radius 1 is 1.31 bits per heavy atom. The van der Waals surface area contributed by atoms with E-state index in [9.17, 15) is 4.79 Å². The zero-order valence-electron chi connectivity index (χ0n) is 9.33. The van der Waals surface area contributed by atoms with Gasteiger partial charge in [-0.05, 0) is 12.8 Å². The van der Waals surface area contributed by atoms with Gasteiger partial charge in [-0.25, -0.2) is 0 Å². The van der Waals surface area contributed by atoms with Crippen LogP contribution in [0, 0.1) is 11.8 Å². The summed E-state index contributed by atoms with van der Waals surface area (Å²) in [5, 5.41) is 7.57. The molecule has 0 aliphatic rings. The Labute approximate surface area is 81.1 Å². The summed E-state index contributed by atoms with van der Waals surface area (Å²) >= 11 is 0. The molecule has 0 aromatic rings. The lowest BCUT2D eigenvalue weighted by molar-refractivity contribution is -0.148. The smallest absolute Gasteiger partial charge is 0.308 e. The molecule has 0 rings (SSSR count). The van der Waals surface area contributed by atoms with Crippen molar-refractivity contribution in [2.24, 2.45) is 11.8 Å². The lowest BCUT2D eigenvalue weighted by atomic mass is 10.2. The zero-order valence-corrected chi connectivity index (χ0v) is 9.33. The highest BCUT2D eigenvalue weighted by atomic mass is 16.5. The minimum atomic E-state index is -0.103. The van der Waals surface area contributed by atoms with Crippen LogP contribution in [0.3, 0.4) is 0 Å². The second-order valence-electron chi connectivity index (χ2n) is 3.49. The average Bonchev–Trinajstić information content (AvgIpc) is 2.01. The van der Waals surface area contributed by atoms with Crippen LogP contribution in [0.5, 0.6) is 0 Å². The van der Waals surface area contributed by atoms with E-state index in [4.69, 9.17) is 9.84 Å². The summed E-state index contributed by atoms with van der Waals surface area (Å²) in [6, 6.07) is 0. The predicted octanol–water partition coefficient (Wildman–Crippen LogP) is 1.84. The summed E-state index contributed by atoms with van der Waals surface area (Å²) in [4.78, 5) is 10.8. The fourth-order valence-corrected chi connectivity index (χ4v) is 0.415. The molecule has 0 aromatic carbocycles. The highest BCUT2D eigenvalue weighted by Crippen LogP contribution is 1.99. The van der Waals surface area contributed by atoms with Crippen LogP contribution in [0.25, 0.3) is 0 Å². The van der Waals surface area contributed by atoms with E-state index in [0.717, 1.165) is 0 Å². The number of hydrogen-bond acceptors (Lipinski definition) is 3. The van der Waals surface area contributed by atoms with Crippen molar-refractivity contribution in [1.82, 2.24) is 0 Å². The predicted molar refractivity (Wildman–Crippen MR) is 53.4 cm³/mol. The number of carbonyl (C=O) groups is 1. The third-order valence-corrected chi connectivity index (χ3v) is 1.03. The largest absolute Gasteiger partial charge is 0.465 e. The van der Waals surface area contributed by atoms with E-state index in [1.807, 2.05) is 27.7 Å². The highest BCUT2D eigenvalue weighted by Gasteiger charge is 2.07. The number of aliphatic hydroxyl groups is 1. The average molecular weight is 190 g/mol. The molecule has 0 fully saturated rings. The molecule has 1 N–H and O–H groups in total. The Balaban J connectivity index is 0. The van der Waals surface area contributed by atoms with E-state index < -0.39 is 0 Å². The molecule has 0 bridgehead atoms. The van der Waals surface area contributed by atoms with Gasteiger partial charge in [0.1, 0.15) is 0 Å². The summed E-state index contributed by atoms with van der Waals surface area (Å²) in [5.41, 5.74) is 0. The van der Waals surface area contributed by atoms with Crippen molar-refractivity contribution < 1.29 is 14.6 Å². The van der Waals surface area contributed by atoms with Crippen LogP contribution in [0.15, 0.2) is 0 Å². The summed E-state index contributed by atoms with van der Waals surface area (Å²) in [6.45, 7) is 10.2. The number of hydrogen-bond donors (Lipinski definition) is 1. The Hall–Kier alpha value is -0.570.